The third-order valence-corrected chi connectivity index (χ3v) is 3.32. The number of ether oxygens (including phenoxy) is 2. The van der Waals surface area contributed by atoms with E-state index in [9.17, 15) is 4.39 Å². The topological polar surface area (TPSA) is 44.5 Å². The third-order valence-electron chi connectivity index (χ3n) is 2.61. The van der Waals surface area contributed by atoms with Gasteiger partial charge in [-0.05, 0) is 35.8 Å². The van der Waals surface area contributed by atoms with Gasteiger partial charge in [0.15, 0.2) is 11.5 Å². The van der Waals surface area contributed by atoms with Crippen molar-refractivity contribution in [2.24, 2.45) is 5.73 Å². The molecule has 3 nitrogen and oxygen atoms in total. The number of benzene rings is 1. The second-order valence-corrected chi connectivity index (χ2v) is 5.44. The summed E-state index contributed by atoms with van der Waals surface area (Å²) in [5.74, 6) is 0.582. The van der Waals surface area contributed by atoms with Gasteiger partial charge in [-0.3, -0.25) is 0 Å². The number of fused-ring (bicyclic) bond motifs is 1. The Labute approximate surface area is 108 Å². The highest BCUT2D eigenvalue weighted by molar-refractivity contribution is 9.10. The number of hydrogen-bond acceptors (Lipinski definition) is 3. The predicted molar refractivity (Wildman–Crippen MR) is 66.9 cm³/mol. The van der Waals surface area contributed by atoms with Crippen LogP contribution in [0.4, 0.5) is 4.39 Å². The lowest BCUT2D eigenvalue weighted by Gasteiger charge is -2.22. The van der Waals surface area contributed by atoms with Gasteiger partial charge in [0.25, 0.3) is 0 Å². The van der Waals surface area contributed by atoms with Gasteiger partial charge in [0.1, 0.15) is 5.82 Å². The molecule has 1 heterocycles. The molecular weight excluding hydrogens is 289 g/mol. The summed E-state index contributed by atoms with van der Waals surface area (Å²) < 4.78 is 25.5. The molecule has 0 unspecified atom stereocenters. The molecule has 0 saturated heterocycles. The normalized spacial score (nSPS) is 15.6. The van der Waals surface area contributed by atoms with Crippen molar-refractivity contribution in [1.29, 1.82) is 0 Å². The third kappa shape index (κ3) is 2.40. The van der Waals surface area contributed by atoms with Gasteiger partial charge in [0, 0.05) is 17.5 Å². The zero-order chi connectivity index (χ0) is 12.6. The molecule has 0 spiro atoms. The molecule has 0 bridgehead atoms. The number of hydrogen-bond donors (Lipinski definition) is 1. The Morgan fingerprint density at radius 2 is 2.00 bits per heavy atom. The number of nitrogens with two attached hydrogens (primary N) is 1. The molecule has 0 aliphatic carbocycles. The molecule has 1 aliphatic heterocycles. The summed E-state index contributed by atoms with van der Waals surface area (Å²) >= 11 is 3.21. The summed E-state index contributed by atoms with van der Waals surface area (Å²) in [5, 5.41) is 0. The van der Waals surface area contributed by atoms with Gasteiger partial charge in [0.2, 0.25) is 0 Å². The van der Waals surface area contributed by atoms with Crippen molar-refractivity contribution in [2.45, 2.75) is 25.8 Å². The zero-order valence-electron chi connectivity index (χ0n) is 9.85. The van der Waals surface area contributed by atoms with E-state index in [0.29, 0.717) is 30.3 Å². The lowest BCUT2D eigenvalue weighted by Crippen LogP contribution is -2.30. The van der Waals surface area contributed by atoms with Crippen molar-refractivity contribution in [2.75, 3.05) is 13.2 Å². The Hall–Kier alpha value is -0.810. The van der Waals surface area contributed by atoms with Gasteiger partial charge in [-0.2, -0.15) is 0 Å². The average Bonchev–Trinajstić information content (AvgIpc) is 2.46. The molecule has 0 amide bonds. The van der Waals surface area contributed by atoms with E-state index in [0.717, 1.165) is 6.42 Å². The van der Waals surface area contributed by atoms with Gasteiger partial charge in [-0.1, -0.05) is 0 Å². The molecule has 1 aliphatic rings. The Morgan fingerprint density at radius 3 is 2.65 bits per heavy atom. The molecular formula is C12H15BrFNO2. The quantitative estimate of drug-likeness (QED) is 0.867. The van der Waals surface area contributed by atoms with Crippen LogP contribution in [-0.4, -0.2) is 13.2 Å². The Morgan fingerprint density at radius 1 is 1.35 bits per heavy atom. The van der Waals surface area contributed by atoms with Crippen molar-refractivity contribution in [3.05, 3.63) is 21.9 Å². The van der Waals surface area contributed by atoms with E-state index < -0.39 is 5.54 Å². The zero-order valence-corrected chi connectivity index (χ0v) is 11.4. The fraction of sp³-hybridized carbons (Fsp3) is 0.500. The Balaban J connectivity index is 2.59. The first-order chi connectivity index (χ1) is 7.91. The summed E-state index contributed by atoms with van der Waals surface area (Å²) in [6, 6.07) is 1.63. The molecule has 0 aromatic heterocycles. The standard InChI is InChI=1S/C12H15BrFNO2/c1-12(2,15)7-6-8-11(9(13)10(7)14)17-5-3-4-16-8/h6H,3-5,15H2,1-2H3. The first-order valence-corrected chi connectivity index (χ1v) is 6.27. The monoisotopic (exact) mass is 303 g/mol. The summed E-state index contributed by atoms with van der Waals surface area (Å²) in [6.45, 7) is 4.59. The van der Waals surface area contributed by atoms with Crippen molar-refractivity contribution in [3.63, 3.8) is 0 Å². The van der Waals surface area contributed by atoms with Crippen LogP contribution < -0.4 is 15.2 Å². The van der Waals surface area contributed by atoms with Gasteiger partial charge < -0.3 is 15.2 Å². The molecule has 0 saturated carbocycles. The van der Waals surface area contributed by atoms with E-state index in [1.165, 1.54) is 0 Å². The molecule has 1 aromatic carbocycles. The maximum Gasteiger partial charge on any atom is 0.178 e. The smallest absolute Gasteiger partial charge is 0.178 e. The molecule has 0 radical (unpaired) electrons. The van der Waals surface area contributed by atoms with E-state index in [-0.39, 0.29) is 10.3 Å². The van der Waals surface area contributed by atoms with Crippen LogP contribution in [-0.2, 0) is 5.54 Å². The van der Waals surface area contributed by atoms with Gasteiger partial charge >= 0.3 is 0 Å². The van der Waals surface area contributed by atoms with E-state index in [1.54, 1.807) is 19.9 Å². The molecule has 0 atom stereocenters. The minimum Gasteiger partial charge on any atom is -0.490 e. The van der Waals surface area contributed by atoms with Crippen molar-refractivity contribution in [1.82, 2.24) is 0 Å². The molecule has 94 valence electrons. The van der Waals surface area contributed by atoms with Crippen LogP contribution in [0.15, 0.2) is 10.5 Å². The maximum atomic E-state index is 14.2. The van der Waals surface area contributed by atoms with E-state index in [1.807, 2.05) is 0 Å². The van der Waals surface area contributed by atoms with E-state index in [4.69, 9.17) is 15.2 Å². The maximum absolute atomic E-state index is 14.2. The molecule has 5 heteroatoms. The second-order valence-electron chi connectivity index (χ2n) is 4.65. The van der Waals surface area contributed by atoms with Gasteiger partial charge in [0.05, 0.1) is 17.7 Å². The van der Waals surface area contributed by atoms with Crippen molar-refractivity contribution < 1.29 is 13.9 Å². The van der Waals surface area contributed by atoms with Gasteiger partial charge in [-0.25, -0.2) is 4.39 Å². The van der Waals surface area contributed by atoms with Crippen LogP contribution >= 0.6 is 15.9 Å². The molecule has 1 aromatic rings. The minimum absolute atomic E-state index is 0.283. The summed E-state index contributed by atoms with van der Waals surface area (Å²) in [5.41, 5.74) is 5.59. The lowest BCUT2D eigenvalue weighted by atomic mass is 9.94. The van der Waals surface area contributed by atoms with Crippen LogP contribution in [0.25, 0.3) is 0 Å². The molecule has 0 fully saturated rings. The van der Waals surface area contributed by atoms with Crippen LogP contribution in [0.2, 0.25) is 0 Å². The SMILES string of the molecule is CC(C)(N)c1cc2c(c(Br)c1F)OCCCO2. The fourth-order valence-corrected chi connectivity index (χ4v) is 2.24. The highest BCUT2D eigenvalue weighted by atomic mass is 79.9. The van der Waals surface area contributed by atoms with Crippen LogP contribution in [0.1, 0.15) is 25.8 Å². The largest absolute Gasteiger partial charge is 0.490 e. The van der Waals surface area contributed by atoms with Crippen LogP contribution in [0.5, 0.6) is 11.5 Å². The second kappa shape index (κ2) is 4.46. The summed E-state index contributed by atoms with van der Waals surface area (Å²) in [4.78, 5) is 0. The Kier molecular flexibility index (Phi) is 3.32. The van der Waals surface area contributed by atoms with Crippen molar-refractivity contribution >= 4 is 15.9 Å². The molecule has 17 heavy (non-hydrogen) atoms. The highest BCUT2D eigenvalue weighted by Gasteiger charge is 2.27. The minimum atomic E-state index is -0.767. The number of rotatable bonds is 1. The first kappa shape index (κ1) is 12.6. The van der Waals surface area contributed by atoms with E-state index in [2.05, 4.69) is 15.9 Å². The first-order valence-electron chi connectivity index (χ1n) is 5.48. The Bertz CT molecular complexity index is 443. The fourth-order valence-electron chi connectivity index (χ4n) is 1.71. The molecule has 2 rings (SSSR count). The van der Waals surface area contributed by atoms with Crippen LogP contribution in [0.3, 0.4) is 0 Å². The molecule has 2 N–H and O–H groups in total. The van der Waals surface area contributed by atoms with Crippen LogP contribution in [0, 0.1) is 5.82 Å². The highest BCUT2D eigenvalue weighted by Crippen LogP contribution is 2.42. The lowest BCUT2D eigenvalue weighted by molar-refractivity contribution is 0.296. The summed E-state index contributed by atoms with van der Waals surface area (Å²) in [7, 11) is 0. The average molecular weight is 304 g/mol. The summed E-state index contributed by atoms with van der Waals surface area (Å²) in [6.07, 6.45) is 0.782. The van der Waals surface area contributed by atoms with E-state index >= 15 is 0 Å². The predicted octanol–water partition coefficient (Wildman–Crippen LogP) is 2.94. The number of halogens is 2. The van der Waals surface area contributed by atoms with Crippen molar-refractivity contribution in [3.8, 4) is 11.5 Å². The van der Waals surface area contributed by atoms with Gasteiger partial charge in [-0.15, -0.1) is 0 Å².